The summed E-state index contributed by atoms with van der Waals surface area (Å²) < 4.78 is 5.11. The molecule has 0 spiro atoms. The molecular weight excluding hydrogens is 586 g/mol. The fourth-order valence-corrected chi connectivity index (χ4v) is 4.68. The van der Waals surface area contributed by atoms with E-state index >= 15 is 0 Å². The second-order valence-corrected chi connectivity index (χ2v) is 11.2. The zero-order valence-electron chi connectivity index (χ0n) is 26.2. The van der Waals surface area contributed by atoms with Crippen LogP contribution < -0.4 is 32.7 Å². The highest BCUT2D eigenvalue weighted by molar-refractivity contribution is 6.07. The van der Waals surface area contributed by atoms with Crippen LogP contribution in [-0.2, 0) is 40.1 Å². The minimum Gasteiger partial charge on any atom is -0.461 e. The highest BCUT2D eigenvalue weighted by Gasteiger charge is 2.43. The van der Waals surface area contributed by atoms with Gasteiger partial charge in [0.25, 0.3) is 0 Å². The van der Waals surface area contributed by atoms with Crippen molar-refractivity contribution in [1.29, 1.82) is 0 Å². The molecule has 1 aliphatic heterocycles. The average molecular weight is 632 g/mol. The van der Waals surface area contributed by atoms with E-state index in [1.54, 1.807) is 52.0 Å². The average Bonchev–Trinajstić information content (AvgIpc) is 3.24. The lowest BCUT2D eigenvalue weighted by molar-refractivity contribution is -0.148. The Morgan fingerprint density at radius 3 is 2.20 bits per heavy atom. The summed E-state index contributed by atoms with van der Waals surface area (Å²) in [6.45, 7) is 6.94. The van der Waals surface area contributed by atoms with Crippen molar-refractivity contribution in [2.75, 3.05) is 18.4 Å². The fourth-order valence-electron chi connectivity index (χ4n) is 4.68. The highest BCUT2D eigenvalue weighted by Crippen LogP contribution is 2.23. The van der Waals surface area contributed by atoms with E-state index in [1.165, 1.54) is 0 Å². The second-order valence-electron chi connectivity index (χ2n) is 11.2. The zero-order valence-corrected chi connectivity index (χ0v) is 26.2. The number of esters is 1. The van der Waals surface area contributed by atoms with Gasteiger partial charge in [-0.15, -0.1) is 0 Å². The molecule has 15 nitrogen and oxygen atoms in total. The Balaban J connectivity index is 2.17. The first-order chi connectivity index (χ1) is 21.3. The summed E-state index contributed by atoms with van der Waals surface area (Å²) in [7, 11) is 0. The lowest BCUT2D eigenvalue weighted by atomic mass is 10.0. The first kappa shape index (κ1) is 36.7. The third-order valence-corrected chi connectivity index (χ3v) is 7.22. The lowest BCUT2D eigenvalue weighted by Gasteiger charge is -2.29. The maximum absolute atomic E-state index is 13.5. The molecule has 4 atom stereocenters. The van der Waals surface area contributed by atoms with Crippen LogP contribution in [0.5, 0.6) is 0 Å². The number of likely N-dealkylation sites (tertiary alicyclic amines) is 1. The summed E-state index contributed by atoms with van der Waals surface area (Å²) in [5.74, 6) is -4.22. The Hall–Kier alpha value is -4.53. The lowest BCUT2D eigenvalue weighted by Crippen LogP contribution is -2.58. The quantitative estimate of drug-likeness (QED) is 0.0785. The van der Waals surface area contributed by atoms with E-state index in [0.29, 0.717) is 11.3 Å². The molecule has 2 rings (SSSR count). The van der Waals surface area contributed by atoms with Gasteiger partial charge < -0.3 is 37.5 Å². The largest absolute Gasteiger partial charge is 0.461 e. The standard InChI is InChI=1S/C30H45N7O8/c1-5-24(39)45-16-19-8-10-20(11-9-19)34-26(40)21(7-6-14-33-30(32)44)35-28(42)25(17(2)3)36-27(41)22(12-13-31)37-23(38)15-18(4)29(37)43/h8-11,17-18,21-22,25H,5-7,12-16,31H2,1-4H3,(H,34,40)(H,35,42)(H,36,41)(H3,32,33,44)/t18?,21-,22-,25-/m0/s1. The van der Waals surface area contributed by atoms with Crippen molar-refractivity contribution >= 4 is 47.2 Å². The van der Waals surface area contributed by atoms with Crippen LogP contribution in [0.1, 0.15) is 65.4 Å². The van der Waals surface area contributed by atoms with E-state index in [4.69, 9.17) is 16.2 Å². The maximum Gasteiger partial charge on any atom is 0.312 e. The number of rotatable bonds is 17. The summed E-state index contributed by atoms with van der Waals surface area (Å²) in [6.07, 6.45) is 0.657. The van der Waals surface area contributed by atoms with Gasteiger partial charge in [0.2, 0.25) is 29.5 Å². The minimum absolute atomic E-state index is 0.0141. The number of amides is 7. The van der Waals surface area contributed by atoms with Gasteiger partial charge in [0.05, 0.1) is 0 Å². The van der Waals surface area contributed by atoms with Gasteiger partial charge in [-0.25, -0.2) is 4.79 Å². The van der Waals surface area contributed by atoms with Gasteiger partial charge in [-0.3, -0.25) is 33.7 Å². The van der Waals surface area contributed by atoms with Crippen LogP contribution >= 0.6 is 0 Å². The van der Waals surface area contributed by atoms with Gasteiger partial charge >= 0.3 is 12.0 Å². The molecule has 15 heteroatoms. The number of primary amides is 1. The maximum atomic E-state index is 13.5. The van der Waals surface area contributed by atoms with Crippen LogP contribution in [0, 0.1) is 11.8 Å². The Kier molecular flexibility index (Phi) is 14.4. The molecule has 1 fully saturated rings. The molecular formula is C30H45N7O8. The molecule has 1 saturated heterocycles. The van der Waals surface area contributed by atoms with E-state index in [-0.39, 0.29) is 57.8 Å². The third-order valence-electron chi connectivity index (χ3n) is 7.22. The van der Waals surface area contributed by atoms with Crippen molar-refractivity contribution in [3.05, 3.63) is 29.8 Å². The Labute approximate surface area is 262 Å². The summed E-state index contributed by atoms with van der Waals surface area (Å²) in [5.41, 5.74) is 11.9. The minimum atomic E-state index is -1.18. The molecule has 45 heavy (non-hydrogen) atoms. The van der Waals surface area contributed by atoms with Crippen LogP contribution in [0.25, 0.3) is 0 Å². The first-order valence-corrected chi connectivity index (χ1v) is 15.0. The van der Waals surface area contributed by atoms with Crippen molar-refractivity contribution < 1.29 is 38.3 Å². The highest BCUT2D eigenvalue weighted by atomic mass is 16.5. The molecule has 1 aliphatic rings. The smallest absolute Gasteiger partial charge is 0.312 e. The number of nitrogens with two attached hydrogens (primary N) is 2. The monoisotopic (exact) mass is 631 g/mol. The number of anilines is 1. The topological polar surface area (TPSA) is 232 Å². The normalized spacial score (nSPS) is 16.5. The molecule has 1 heterocycles. The number of hydrogen-bond acceptors (Lipinski definition) is 9. The molecule has 0 aliphatic carbocycles. The molecule has 1 aromatic rings. The van der Waals surface area contributed by atoms with Crippen molar-refractivity contribution in [3.63, 3.8) is 0 Å². The third kappa shape index (κ3) is 11.2. The van der Waals surface area contributed by atoms with Gasteiger partial charge in [0, 0.05) is 31.0 Å². The van der Waals surface area contributed by atoms with Gasteiger partial charge in [0.1, 0.15) is 24.7 Å². The summed E-state index contributed by atoms with van der Waals surface area (Å²) in [6, 6.07) is 2.51. The number of carbonyl (C=O) groups is 7. The number of benzene rings is 1. The Morgan fingerprint density at radius 2 is 1.67 bits per heavy atom. The van der Waals surface area contributed by atoms with Gasteiger partial charge in [-0.1, -0.05) is 39.8 Å². The number of urea groups is 1. The molecule has 8 N–H and O–H groups in total. The van der Waals surface area contributed by atoms with Crippen LogP contribution in [0.4, 0.5) is 10.5 Å². The predicted octanol–water partition coefficient (Wildman–Crippen LogP) is 0.265. The van der Waals surface area contributed by atoms with E-state index in [1.807, 2.05) is 0 Å². The predicted molar refractivity (Wildman–Crippen MR) is 164 cm³/mol. The van der Waals surface area contributed by atoms with E-state index < -0.39 is 65.5 Å². The van der Waals surface area contributed by atoms with Gasteiger partial charge in [-0.2, -0.15) is 0 Å². The SMILES string of the molecule is CCC(=O)OCc1ccc(NC(=O)[C@H](CCCNC(N)=O)NC(=O)[C@@H](NC(=O)[C@H](CCN)N2C(=O)CC(C)C2=O)C(C)C)cc1. The van der Waals surface area contributed by atoms with Crippen molar-refractivity contribution in [1.82, 2.24) is 20.9 Å². The summed E-state index contributed by atoms with van der Waals surface area (Å²) in [5, 5.41) is 10.5. The fraction of sp³-hybridized carbons (Fsp3) is 0.567. The second kappa shape index (κ2) is 17.7. The number of nitrogens with zero attached hydrogens (tertiary/aromatic N) is 1. The zero-order chi connectivity index (χ0) is 33.7. The number of imide groups is 1. The number of nitrogens with one attached hydrogen (secondary N) is 4. The van der Waals surface area contributed by atoms with Crippen molar-refractivity contribution in [3.8, 4) is 0 Å². The molecule has 7 amide bonds. The van der Waals surface area contributed by atoms with Crippen LogP contribution in [0.15, 0.2) is 24.3 Å². The molecule has 0 aromatic heterocycles. The number of carbonyl (C=O) groups excluding carboxylic acids is 7. The molecule has 248 valence electrons. The van der Waals surface area contributed by atoms with E-state index in [2.05, 4.69) is 21.3 Å². The van der Waals surface area contributed by atoms with Crippen LogP contribution in [0.2, 0.25) is 0 Å². The number of ether oxygens (including phenoxy) is 1. The van der Waals surface area contributed by atoms with Crippen LogP contribution in [0.3, 0.4) is 0 Å². The Morgan fingerprint density at radius 1 is 1.00 bits per heavy atom. The first-order valence-electron chi connectivity index (χ1n) is 15.0. The molecule has 0 bridgehead atoms. The number of hydrogen-bond donors (Lipinski definition) is 6. The van der Waals surface area contributed by atoms with Crippen LogP contribution in [-0.4, -0.2) is 77.7 Å². The summed E-state index contributed by atoms with van der Waals surface area (Å²) >= 11 is 0. The van der Waals surface area contributed by atoms with Gasteiger partial charge in [0.15, 0.2) is 0 Å². The van der Waals surface area contributed by atoms with Crippen molar-refractivity contribution in [2.45, 2.75) is 84.5 Å². The molecule has 0 radical (unpaired) electrons. The van der Waals surface area contributed by atoms with Gasteiger partial charge in [-0.05, 0) is 49.4 Å². The van der Waals surface area contributed by atoms with E-state index in [9.17, 15) is 33.6 Å². The Bertz CT molecular complexity index is 1240. The molecule has 1 aromatic carbocycles. The molecule has 1 unspecified atom stereocenters. The summed E-state index contributed by atoms with van der Waals surface area (Å²) in [4.78, 5) is 88.7. The van der Waals surface area contributed by atoms with Crippen molar-refractivity contribution in [2.24, 2.45) is 23.3 Å². The molecule has 0 saturated carbocycles. The van der Waals surface area contributed by atoms with E-state index in [0.717, 1.165) is 4.90 Å².